The summed E-state index contributed by atoms with van der Waals surface area (Å²) in [7, 11) is 2.11. The zero-order valence-corrected chi connectivity index (χ0v) is 12.2. The third-order valence-electron chi connectivity index (χ3n) is 3.73. The second kappa shape index (κ2) is 5.83. The van der Waals surface area contributed by atoms with Crippen LogP contribution in [0.15, 0.2) is 59.6 Å². The summed E-state index contributed by atoms with van der Waals surface area (Å²) >= 11 is 0. The number of para-hydroxylation sites is 2. The maximum atomic E-state index is 5.98. The second-order valence-corrected chi connectivity index (χ2v) is 5.17. The summed E-state index contributed by atoms with van der Waals surface area (Å²) in [5.74, 6) is 0. The van der Waals surface area contributed by atoms with Crippen LogP contribution in [0.25, 0.3) is 6.08 Å². The van der Waals surface area contributed by atoms with Gasteiger partial charge in [0, 0.05) is 30.5 Å². The van der Waals surface area contributed by atoms with Crippen LogP contribution in [0.4, 0.5) is 11.4 Å². The fourth-order valence-electron chi connectivity index (χ4n) is 2.52. The van der Waals surface area contributed by atoms with Crippen molar-refractivity contribution in [3.8, 4) is 0 Å². The van der Waals surface area contributed by atoms with Crippen molar-refractivity contribution in [1.29, 1.82) is 0 Å². The lowest BCUT2D eigenvalue weighted by molar-refractivity contribution is 0.897. The molecule has 0 radical (unpaired) electrons. The van der Waals surface area contributed by atoms with Gasteiger partial charge < -0.3 is 10.6 Å². The van der Waals surface area contributed by atoms with Gasteiger partial charge in [0.1, 0.15) is 0 Å². The Kier molecular flexibility index (Phi) is 3.73. The number of benzene rings is 2. The topological polar surface area (TPSA) is 41.6 Å². The maximum absolute atomic E-state index is 5.98. The molecule has 0 amide bonds. The van der Waals surface area contributed by atoms with E-state index in [4.69, 9.17) is 10.7 Å². The van der Waals surface area contributed by atoms with E-state index in [-0.39, 0.29) is 0 Å². The second-order valence-electron chi connectivity index (χ2n) is 5.17. The van der Waals surface area contributed by atoms with E-state index >= 15 is 0 Å². The molecule has 2 aromatic rings. The highest BCUT2D eigenvalue weighted by Gasteiger charge is 2.13. The number of allylic oxidation sites excluding steroid dienone is 1. The summed E-state index contributed by atoms with van der Waals surface area (Å²) in [6.07, 6.45) is 4.10. The third-order valence-corrected chi connectivity index (χ3v) is 3.73. The lowest BCUT2D eigenvalue weighted by atomic mass is 10.1. The van der Waals surface area contributed by atoms with Gasteiger partial charge in [-0.05, 0) is 23.8 Å². The number of hydrogen-bond acceptors (Lipinski definition) is 3. The smallest absolute Gasteiger partial charge is 0.0668 e. The zero-order valence-electron chi connectivity index (χ0n) is 12.2. The van der Waals surface area contributed by atoms with Crippen LogP contribution < -0.4 is 10.6 Å². The molecule has 0 saturated carbocycles. The van der Waals surface area contributed by atoms with Crippen LogP contribution in [0.1, 0.15) is 11.1 Å². The Bertz CT molecular complexity index is 701. The Labute approximate surface area is 125 Å². The van der Waals surface area contributed by atoms with Crippen LogP contribution >= 0.6 is 0 Å². The molecule has 21 heavy (non-hydrogen) atoms. The minimum Gasteiger partial charge on any atom is -0.398 e. The van der Waals surface area contributed by atoms with E-state index in [9.17, 15) is 0 Å². The molecule has 0 aromatic heterocycles. The average Bonchev–Trinajstić information content (AvgIpc) is 2.67. The molecule has 0 fully saturated rings. The first-order valence-electron chi connectivity index (χ1n) is 7.13. The number of likely N-dealkylation sites (N-methyl/N-ethyl adjacent to an activating group) is 1. The largest absolute Gasteiger partial charge is 0.398 e. The molecule has 0 unspecified atom stereocenters. The Hall–Kier alpha value is -2.55. The number of fused-ring (bicyclic) bond motifs is 1. The highest BCUT2D eigenvalue weighted by Crippen LogP contribution is 2.23. The summed E-state index contributed by atoms with van der Waals surface area (Å²) in [5, 5.41) is 0. The highest BCUT2D eigenvalue weighted by molar-refractivity contribution is 6.14. The fourth-order valence-corrected chi connectivity index (χ4v) is 2.52. The summed E-state index contributed by atoms with van der Waals surface area (Å²) < 4.78 is 0. The van der Waals surface area contributed by atoms with Crippen molar-refractivity contribution < 1.29 is 0 Å². The first kappa shape index (κ1) is 13.4. The third kappa shape index (κ3) is 2.82. The molecule has 3 rings (SSSR count). The molecule has 0 atom stereocenters. The molecule has 2 aromatic carbocycles. The van der Waals surface area contributed by atoms with Crippen molar-refractivity contribution in [2.24, 2.45) is 4.99 Å². The van der Waals surface area contributed by atoms with Crippen LogP contribution in [-0.2, 0) is 0 Å². The molecule has 0 spiro atoms. The number of anilines is 2. The number of nitrogens with two attached hydrogens (primary N) is 1. The van der Waals surface area contributed by atoms with Gasteiger partial charge in [-0.25, -0.2) is 0 Å². The lowest BCUT2D eigenvalue weighted by Gasteiger charge is -2.18. The maximum Gasteiger partial charge on any atom is 0.0668 e. The zero-order chi connectivity index (χ0) is 14.7. The Morgan fingerprint density at radius 2 is 1.81 bits per heavy atom. The van der Waals surface area contributed by atoms with Gasteiger partial charge in [0.25, 0.3) is 0 Å². The average molecular weight is 277 g/mol. The molecule has 2 N–H and O–H groups in total. The molecule has 0 bridgehead atoms. The van der Waals surface area contributed by atoms with Gasteiger partial charge in [0.15, 0.2) is 0 Å². The van der Waals surface area contributed by atoms with Crippen LogP contribution in [0.5, 0.6) is 0 Å². The molecule has 1 heterocycles. The lowest BCUT2D eigenvalue weighted by Crippen LogP contribution is -2.20. The van der Waals surface area contributed by atoms with E-state index in [0.29, 0.717) is 0 Å². The quantitative estimate of drug-likeness (QED) is 0.856. The van der Waals surface area contributed by atoms with E-state index < -0.39 is 0 Å². The first-order chi connectivity index (χ1) is 10.3. The molecule has 3 nitrogen and oxygen atoms in total. The fraction of sp³-hybridized carbons (Fsp3) is 0.167. The SMILES string of the molecule is CN1CCN=C(C=Cc2ccccc2N)c2ccccc21. The van der Waals surface area contributed by atoms with Crippen LogP contribution in [0.2, 0.25) is 0 Å². The van der Waals surface area contributed by atoms with Crippen molar-refractivity contribution in [1.82, 2.24) is 0 Å². The summed E-state index contributed by atoms with van der Waals surface area (Å²) in [6.45, 7) is 1.73. The number of hydrogen-bond donors (Lipinski definition) is 1. The number of nitrogens with zero attached hydrogens (tertiary/aromatic N) is 2. The number of aliphatic imine (C=N–C) groups is 1. The summed E-state index contributed by atoms with van der Waals surface area (Å²) in [4.78, 5) is 6.95. The van der Waals surface area contributed by atoms with Crippen molar-refractivity contribution in [3.63, 3.8) is 0 Å². The van der Waals surface area contributed by atoms with E-state index in [1.807, 2.05) is 30.3 Å². The molecule has 3 heteroatoms. The predicted molar refractivity (Wildman–Crippen MR) is 91.0 cm³/mol. The summed E-state index contributed by atoms with van der Waals surface area (Å²) in [6, 6.07) is 16.2. The van der Waals surface area contributed by atoms with E-state index in [1.165, 1.54) is 11.3 Å². The van der Waals surface area contributed by atoms with Crippen molar-refractivity contribution in [3.05, 3.63) is 65.7 Å². The van der Waals surface area contributed by atoms with Gasteiger partial charge in [-0.2, -0.15) is 0 Å². The molecule has 1 aliphatic rings. The van der Waals surface area contributed by atoms with E-state index in [2.05, 4.69) is 42.3 Å². The van der Waals surface area contributed by atoms with Gasteiger partial charge in [0.05, 0.1) is 12.3 Å². The van der Waals surface area contributed by atoms with Gasteiger partial charge in [-0.15, -0.1) is 0 Å². The molecular weight excluding hydrogens is 258 g/mol. The molecule has 0 aliphatic carbocycles. The minimum atomic E-state index is 0.786. The number of nitrogen functional groups attached to an aromatic ring is 1. The Balaban J connectivity index is 1.97. The van der Waals surface area contributed by atoms with E-state index in [0.717, 1.165) is 30.1 Å². The van der Waals surface area contributed by atoms with Gasteiger partial charge in [0.2, 0.25) is 0 Å². The molecule has 1 aliphatic heterocycles. The van der Waals surface area contributed by atoms with Crippen LogP contribution in [0, 0.1) is 0 Å². The Morgan fingerprint density at radius 3 is 2.67 bits per heavy atom. The highest BCUT2D eigenvalue weighted by atomic mass is 15.1. The van der Waals surface area contributed by atoms with Crippen molar-refractivity contribution >= 4 is 23.2 Å². The number of benzodiazepines with no additional fused rings is 1. The first-order valence-corrected chi connectivity index (χ1v) is 7.13. The Morgan fingerprint density at radius 1 is 1.05 bits per heavy atom. The predicted octanol–water partition coefficient (Wildman–Crippen LogP) is 3.22. The van der Waals surface area contributed by atoms with Crippen molar-refractivity contribution in [2.45, 2.75) is 0 Å². The molecular formula is C18H19N3. The minimum absolute atomic E-state index is 0.786. The standard InChI is InChI=1S/C18H19N3/c1-21-13-12-20-17(15-7-3-5-9-18(15)21)11-10-14-6-2-4-8-16(14)19/h2-11H,12-13,19H2,1H3. The van der Waals surface area contributed by atoms with Crippen LogP contribution in [-0.4, -0.2) is 25.8 Å². The summed E-state index contributed by atoms with van der Waals surface area (Å²) in [5.41, 5.74) is 11.2. The van der Waals surface area contributed by atoms with Gasteiger partial charge >= 0.3 is 0 Å². The molecule has 0 saturated heterocycles. The van der Waals surface area contributed by atoms with Crippen molar-refractivity contribution in [2.75, 3.05) is 30.8 Å². The normalized spacial score (nSPS) is 14.7. The molecule has 106 valence electrons. The monoisotopic (exact) mass is 277 g/mol. The van der Waals surface area contributed by atoms with E-state index in [1.54, 1.807) is 0 Å². The van der Waals surface area contributed by atoms with Gasteiger partial charge in [-0.1, -0.05) is 42.5 Å². The number of rotatable bonds is 2. The van der Waals surface area contributed by atoms with Gasteiger partial charge in [-0.3, -0.25) is 4.99 Å². The van der Waals surface area contributed by atoms with Crippen LogP contribution in [0.3, 0.4) is 0 Å².